The molecule has 1 aliphatic heterocycles. The Bertz CT molecular complexity index is 769. The number of piperidine rings is 1. The van der Waals surface area contributed by atoms with Crippen LogP contribution in [0.2, 0.25) is 0 Å². The Labute approximate surface area is 165 Å². The predicted octanol–water partition coefficient (Wildman–Crippen LogP) is 3.43. The standard InChI is InChI=1S/C22H27N3O3/c1-17-7-9-19(10-8-17)24-22(27)23-15-18-11-13-25(14-12-18)21(26)16-28-20-5-3-2-4-6-20/h2-10,18H,11-16H2,1H3,(H2,23,24,27). The zero-order valence-electron chi connectivity index (χ0n) is 16.2. The molecule has 0 spiro atoms. The Morgan fingerprint density at radius 2 is 1.71 bits per heavy atom. The maximum atomic E-state index is 12.3. The van der Waals surface area contributed by atoms with Crippen molar-refractivity contribution in [2.45, 2.75) is 19.8 Å². The maximum Gasteiger partial charge on any atom is 0.319 e. The van der Waals surface area contributed by atoms with Crippen LogP contribution >= 0.6 is 0 Å². The second kappa shape index (κ2) is 9.78. The van der Waals surface area contributed by atoms with Gasteiger partial charge in [-0.15, -0.1) is 0 Å². The van der Waals surface area contributed by atoms with Gasteiger partial charge in [0.25, 0.3) is 5.91 Å². The highest BCUT2D eigenvalue weighted by Gasteiger charge is 2.23. The van der Waals surface area contributed by atoms with Crippen molar-refractivity contribution in [1.82, 2.24) is 10.2 Å². The van der Waals surface area contributed by atoms with Gasteiger partial charge in [-0.3, -0.25) is 4.79 Å². The van der Waals surface area contributed by atoms with E-state index in [4.69, 9.17) is 4.74 Å². The van der Waals surface area contributed by atoms with Crippen LogP contribution in [0.4, 0.5) is 10.5 Å². The minimum absolute atomic E-state index is 0.00683. The van der Waals surface area contributed by atoms with Crippen molar-refractivity contribution in [2.24, 2.45) is 5.92 Å². The highest BCUT2D eigenvalue weighted by Crippen LogP contribution is 2.17. The van der Waals surface area contributed by atoms with E-state index in [2.05, 4.69) is 10.6 Å². The van der Waals surface area contributed by atoms with Crippen molar-refractivity contribution in [3.05, 3.63) is 60.2 Å². The van der Waals surface area contributed by atoms with E-state index < -0.39 is 0 Å². The van der Waals surface area contributed by atoms with Gasteiger partial charge in [0, 0.05) is 25.3 Å². The fourth-order valence-electron chi connectivity index (χ4n) is 3.19. The van der Waals surface area contributed by atoms with Gasteiger partial charge in [0.05, 0.1) is 0 Å². The Morgan fingerprint density at radius 1 is 1.04 bits per heavy atom. The fraction of sp³-hybridized carbons (Fsp3) is 0.364. The van der Waals surface area contributed by atoms with E-state index >= 15 is 0 Å². The van der Waals surface area contributed by atoms with Crippen LogP contribution in [0, 0.1) is 12.8 Å². The molecular formula is C22H27N3O3. The molecule has 1 heterocycles. The summed E-state index contributed by atoms with van der Waals surface area (Å²) in [4.78, 5) is 26.2. The summed E-state index contributed by atoms with van der Waals surface area (Å²) < 4.78 is 5.53. The first-order valence-corrected chi connectivity index (χ1v) is 9.67. The summed E-state index contributed by atoms with van der Waals surface area (Å²) in [5.41, 5.74) is 1.93. The number of hydrogen-bond acceptors (Lipinski definition) is 3. The topological polar surface area (TPSA) is 70.7 Å². The van der Waals surface area contributed by atoms with Crippen LogP contribution in [-0.4, -0.2) is 43.1 Å². The molecule has 6 nitrogen and oxygen atoms in total. The van der Waals surface area contributed by atoms with Gasteiger partial charge < -0.3 is 20.3 Å². The van der Waals surface area contributed by atoms with Crippen LogP contribution in [-0.2, 0) is 4.79 Å². The second-order valence-electron chi connectivity index (χ2n) is 7.13. The number of nitrogens with one attached hydrogen (secondary N) is 2. The molecule has 0 unspecified atom stereocenters. The van der Waals surface area contributed by atoms with E-state index in [0.29, 0.717) is 31.3 Å². The monoisotopic (exact) mass is 381 g/mol. The molecule has 3 amide bonds. The third-order valence-electron chi connectivity index (χ3n) is 4.93. The number of benzene rings is 2. The van der Waals surface area contributed by atoms with Crippen LogP contribution in [0.5, 0.6) is 5.75 Å². The molecule has 2 aromatic carbocycles. The third-order valence-corrected chi connectivity index (χ3v) is 4.93. The number of anilines is 1. The summed E-state index contributed by atoms with van der Waals surface area (Å²) in [5, 5.41) is 5.76. The zero-order valence-corrected chi connectivity index (χ0v) is 16.2. The van der Waals surface area contributed by atoms with Crippen molar-refractivity contribution < 1.29 is 14.3 Å². The molecule has 2 aromatic rings. The van der Waals surface area contributed by atoms with Gasteiger partial charge >= 0.3 is 6.03 Å². The molecular weight excluding hydrogens is 354 g/mol. The SMILES string of the molecule is Cc1ccc(NC(=O)NCC2CCN(C(=O)COc3ccccc3)CC2)cc1. The fourth-order valence-corrected chi connectivity index (χ4v) is 3.19. The lowest BCUT2D eigenvalue weighted by molar-refractivity contribution is -0.134. The minimum atomic E-state index is -0.196. The normalized spacial score (nSPS) is 14.4. The predicted molar refractivity (Wildman–Crippen MR) is 109 cm³/mol. The Morgan fingerprint density at radius 3 is 2.39 bits per heavy atom. The van der Waals surface area contributed by atoms with Crippen molar-refractivity contribution in [3.8, 4) is 5.75 Å². The molecule has 1 saturated heterocycles. The lowest BCUT2D eigenvalue weighted by Gasteiger charge is -2.32. The number of hydrogen-bond donors (Lipinski definition) is 2. The van der Waals surface area contributed by atoms with Crippen LogP contribution in [0.25, 0.3) is 0 Å². The number of carbonyl (C=O) groups excluding carboxylic acids is 2. The number of amides is 3. The molecule has 2 N–H and O–H groups in total. The molecule has 0 atom stereocenters. The van der Waals surface area contributed by atoms with E-state index in [1.807, 2.05) is 66.4 Å². The molecule has 6 heteroatoms. The van der Waals surface area contributed by atoms with E-state index in [9.17, 15) is 9.59 Å². The number of aryl methyl sites for hydroxylation is 1. The van der Waals surface area contributed by atoms with E-state index in [0.717, 1.165) is 24.1 Å². The van der Waals surface area contributed by atoms with Crippen molar-refractivity contribution in [2.75, 3.05) is 31.6 Å². The van der Waals surface area contributed by atoms with Gasteiger partial charge in [-0.1, -0.05) is 35.9 Å². The molecule has 1 aliphatic rings. The van der Waals surface area contributed by atoms with Gasteiger partial charge in [0.2, 0.25) is 0 Å². The molecule has 0 aliphatic carbocycles. The number of ether oxygens (including phenoxy) is 1. The highest BCUT2D eigenvalue weighted by atomic mass is 16.5. The number of rotatable bonds is 6. The van der Waals surface area contributed by atoms with E-state index in [-0.39, 0.29) is 18.5 Å². The summed E-state index contributed by atoms with van der Waals surface area (Å²) in [7, 11) is 0. The first-order valence-electron chi connectivity index (χ1n) is 9.67. The highest BCUT2D eigenvalue weighted by molar-refractivity contribution is 5.89. The molecule has 148 valence electrons. The van der Waals surface area contributed by atoms with Gasteiger partial charge in [0.15, 0.2) is 6.61 Å². The molecule has 1 fully saturated rings. The number of carbonyl (C=O) groups is 2. The first-order chi connectivity index (χ1) is 13.6. The van der Waals surface area contributed by atoms with Crippen molar-refractivity contribution in [1.29, 1.82) is 0 Å². The first kappa shape index (κ1) is 19.7. The molecule has 0 bridgehead atoms. The Kier molecular flexibility index (Phi) is 6.89. The number of nitrogens with zero attached hydrogens (tertiary/aromatic N) is 1. The number of likely N-dealkylation sites (tertiary alicyclic amines) is 1. The van der Waals surface area contributed by atoms with Crippen LogP contribution in [0.1, 0.15) is 18.4 Å². The Balaban J connectivity index is 1.34. The molecule has 3 rings (SSSR count). The zero-order chi connectivity index (χ0) is 19.8. The average Bonchev–Trinajstić information content (AvgIpc) is 2.73. The summed E-state index contributed by atoms with van der Waals surface area (Å²) in [6.07, 6.45) is 1.75. The van der Waals surface area contributed by atoms with Gasteiger partial charge in [-0.2, -0.15) is 0 Å². The smallest absolute Gasteiger partial charge is 0.319 e. The summed E-state index contributed by atoms with van der Waals surface area (Å²) in [6.45, 7) is 4.08. The molecule has 0 radical (unpaired) electrons. The Hall–Kier alpha value is -3.02. The average molecular weight is 381 g/mol. The summed E-state index contributed by atoms with van der Waals surface area (Å²) in [5.74, 6) is 1.09. The molecule has 0 saturated carbocycles. The largest absolute Gasteiger partial charge is 0.484 e. The van der Waals surface area contributed by atoms with Gasteiger partial charge in [-0.05, 0) is 49.9 Å². The third kappa shape index (κ3) is 6.01. The van der Waals surface area contributed by atoms with E-state index in [1.165, 1.54) is 0 Å². The maximum absolute atomic E-state index is 12.3. The van der Waals surface area contributed by atoms with Gasteiger partial charge in [-0.25, -0.2) is 4.79 Å². The minimum Gasteiger partial charge on any atom is -0.484 e. The quantitative estimate of drug-likeness (QED) is 0.805. The lowest BCUT2D eigenvalue weighted by Crippen LogP contribution is -2.43. The van der Waals surface area contributed by atoms with Crippen molar-refractivity contribution >= 4 is 17.6 Å². The summed E-state index contributed by atoms with van der Waals surface area (Å²) in [6, 6.07) is 16.9. The molecule has 28 heavy (non-hydrogen) atoms. The second-order valence-corrected chi connectivity index (χ2v) is 7.13. The summed E-state index contributed by atoms with van der Waals surface area (Å²) >= 11 is 0. The lowest BCUT2D eigenvalue weighted by atomic mass is 9.97. The van der Waals surface area contributed by atoms with Crippen LogP contribution in [0.15, 0.2) is 54.6 Å². The molecule has 0 aromatic heterocycles. The van der Waals surface area contributed by atoms with Crippen LogP contribution < -0.4 is 15.4 Å². The van der Waals surface area contributed by atoms with Gasteiger partial charge in [0.1, 0.15) is 5.75 Å². The number of urea groups is 1. The van der Waals surface area contributed by atoms with E-state index in [1.54, 1.807) is 0 Å². The van der Waals surface area contributed by atoms with Crippen LogP contribution in [0.3, 0.4) is 0 Å². The number of para-hydroxylation sites is 1. The van der Waals surface area contributed by atoms with Crippen molar-refractivity contribution in [3.63, 3.8) is 0 Å².